The summed E-state index contributed by atoms with van der Waals surface area (Å²) in [7, 11) is 0. The Bertz CT molecular complexity index is 395. The molecule has 0 aliphatic heterocycles. The van der Waals surface area contributed by atoms with Gasteiger partial charge in [-0.15, -0.1) is 0 Å². The number of benzene rings is 1. The van der Waals surface area contributed by atoms with E-state index in [0.717, 1.165) is 38.5 Å². The fraction of sp³-hybridized carbons (Fsp3) is 0.684. The highest BCUT2D eigenvalue weighted by molar-refractivity contribution is 5.25. The maximum atomic E-state index is 5.90. The van der Waals surface area contributed by atoms with Crippen molar-refractivity contribution >= 4 is 0 Å². The van der Waals surface area contributed by atoms with E-state index in [1.54, 1.807) is 0 Å². The third-order valence-electron chi connectivity index (χ3n) is 4.00. The van der Waals surface area contributed by atoms with Crippen molar-refractivity contribution in [1.29, 1.82) is 0 Å². The molecular formula is C19H31NO. The van der Waals surface area contributed by atoms with Crippen LogP contribution in [0.15, 0.2) is 24.3 Å². The van der Waals surface area contributed by atoms with Crippen molar-refractivity contribution in [2.75, 3.05) is 19.8 Å². The number of rotatable bonds is 10. The molecule has 118 valence electrons. The Kier molecular flexibility index (Phi) is 6.72. The van der Waals surface area contributed by atoms with Gasteiger partial charge in [0.05, 0.1) is 12.6 Å². The van der Waals surface area contributed by atoms with Gasteiger partial charge in [0, 0.05) is 6.61 Å². The standard InChI is InChI=1S/C19H31NO/c1-4-11-20-19(14-21-13-17-5-6-17)18-9-7-16(8-10-18)12-15(2)3/h7-10,15,17,19-20H,4-6,11-14H2,1-3H3. The molecule has 0 aromatic heterocycles. The molecule has 0 amide bonds. The minimum atomic E-state index is 0.330. The van der Waals surface area contributed by atoms with E-state index in [1.165, 1.54) is 24.0 Å². The Labute approximate surface area is 130 Å². The molecule has 1 N–H and O–H groups in total. The van der Waals surface area contributed by atoms with Crippen LogP contribution in [0.25, 0.3) is 0 Å². The van der Waals surface area contributed by atoms with E-state index in [4.69, 9.17) is 4.74 Å². The zero-order valence-electron chi connectivity index (χ0n) is 13.9. The molecule has 2 rings (SSSR count). The van der Waals surface area contributed by atoms with Crippen LogP contribution in [0, 0.1) is 11.8 Å². The Morgan fingerprint density at radius 2 is 1.90 bits per heavy atom. The molecule has 1 fully saturated rings. The van der Waals surface area contributed by atoms with Crippen molar-refractivity contribution in [3.05, 3.63) is 35.4 Å². The average Bonchev–Trinajstić information content (AvgIpc) is 3.27. The summed E-state index contributed by atoms with van der Waals surface area (Å²) in [4.78, 5) is 0. The predicted octanol–water partition coefficient (Wildman–Crippen LogP) is 4.35. The first-order chi connectivity index (χ1) is 10.2. The summed E-state index contributed by atoms with van der Waals surface area (Å²) >= 11 is 0. The molecule has 0 radical (unpaired) electrons. The van der Waals surface area contributed by atoms with E-state index in [-0.39, 0.29) is 0 Å². The summed E-state index contributed by atoms with van der Waals surface area (Å²) in [6, 6.07) is 9.42. The largest absolute Gasteiger partial charge is 0.379 e. The van der Waals surface area contributed by atoms with Gasteiger partial charge < -0.3 is 10.1 Å². The molecule has 0 heterocycles. The summed E-state index contributed by atoms with van der Waals surface area (Å²) in [5, 5.41) is 3.62. The third kappa shape index (κ3) is 6.19. The number of hydrogen-bond acceptors (Lipinski definition) is 2. The van der Waals surface area contributed by atoms with E-state index in [1.807, 2.05) is 0 Å². The van der Waals surface area contributed by atoms with Gasteiger partial charge in [-0.2, -0.15) is 0 Å². The van der Waals surface area contributed by atoms with E-state index >= 15 is 0 Å². The Balaban J connectivity index is 1.89. The van der Waals surface area contributed by atoms with Gasteiger partial charge in [-0.05, 0) is 55.2 Å². The normalized spacial score (nSPS) is 16.4. The van der Waals surface area contributed by atoms with Crippen LogP contribution in [-0.4, -0.2) is 19.8 Å². The Morgan fingerprint density at radius 1 is 1.19 bits per heavy atom. The quantitative estimate of drug-likeness (QED) is 0.691. The second-order valence-electron chi connectivity index (χ2n) is 6.83. The van der Waals surface area contributed by atoms with Gasteiger partial charge in [-0.3, -0.25) is 0 Å². The van der Waals surface area contributed by atoms with Crippen molar-refractivity contribution in [3.63, 3.8) is 0 Å². The summed E-state index contributed by atoms with van der Waals surface area (Å²) in [6.07, 6.45) is 5.03. The first-order valence-electron chi connectivity index (χ1n) is 8.59. The predicted molar refractivity (Wildman–Crippen MR) is 89.6 cm³/mol. The first kappa shape index (κ1) is 16.5. The molecule has 1 aromatic carbocycles. The first-order valence-corrected chi connectivity index (χ1v) is 8.59. The lowest BCUT2D eigenvalue weighted by molar-refractivity contribution is 0.103. The van der Waals surface area contributed by atoms with Crippen molar-refractivity contribution in [1.82, 2.24) is 5.32 Å². The second kappa shape index (κ2) is 8.55. The zero-order valence-corrected chi connectivity index (χ0v) is 13.9. The highest BCUT2D eigenvalue weighted by Gasteiger charge is 2.22. The van der Waals surface area contributed by atoms with Crippen LogP contribution >= 0.6 is 0 Å². The van der Waals surface area contributed by atoms with E-state index in [0.29, 0.717) is 12.0 Å². The molecule has 1 aliphatic rings. The maximum absolute atomic E-state index is 5.90. The van der Waals surface area contributed by atoms with Crippen LogP contribution in [0.4, 0.5) is 0 Å². The molecule has 0 saturated heterocycles. The van der Waals surface area contributed by atoms with Gasteiger partial charge in [-0.25, -0.2) is 0 Å². The Morgan fingerprint density at radius 3 is 2.48 bits per heavy atom. The molecular weight excluding hydrogens is 258 g/mol. The monoisotopic (exact) mass is 289 g/mol. The van der Waals surface area contributed by atoms with Crippen molar-refractivity contribution < 1.29 is 4.74 Å². The molecule has 2 nitrogen and oxygen atoms in total. The van der Waals surface area contributed by atoms with Crippen LogP contribution in [0.3, 0.4) is 0 Å². The zero-order chi connectivity index (χ0) is 15.1. The second-order valence-corrected chi connectivity index (χ2v) is 6.83. The third-order valence-corrected chi connectivity index (χ3v) is 4.00. The summed E-state index contributed by atoms with van der Waals surface area (Å²) in [5.41, 5.74) is 2.79. The molecule has 0 spiro atoms. The van der Waals surface area contributed by atoms with Crippen molar-refractivity contribution in [2.24, 2.45) is 11.8 Å². The summed E-state index contributed by atoms with van der Waals surface area (Å²) in [6.45, 7) is 9.53. The SMILES string of the molecule is CCCNC(COCC1CC1)c1ccc(CC(C)C)cc1. The van der Waals surface area contributed by atoms with E-state index < -0.39 is 0 Å². The number of nitrogens with one attached hydrogen (secondary N) is 1. The molecule has 2 heteroatoms. The Hall–Kier alpha value is -0.860. The molecule has 1 unspecified atom stereocenters. The summed E-state index contributed by atoms with van der Waals surface area (Å²) in [5.74, 6) is 1.55. The van der Waals surface area contributed by atoms with E-state index in [2.05, 4.69) is 50.4 Å². The molecule has 1 aliphatic carbocycles. The van der Waals surface area contributed by atoms with Crippen LogP contribution in [-0.2, 0) is 11.2 Å². The molecule has 21 heavy (non-hydrogen) atoms. The van der Waals surface area contributed by atoms with Crippen LogP contribution < -0.4 is 5.32 Å². The molecule has 0 bridgehead atoms. The highest BCUT2D eigenvalue weighted by atomic mass is 16.5. The smallest absolute Gasteiger partial charge is 0.0661 e. The van der Waals surface area contributed by atoms with Gasteiger partial charge in [0.2, 0.25) is 0 Å². The fourth-order valence-corrected chi connectivity index (χ4v) is 2.59. The van der Waals surface area contributed by atoms with Gasteiger partial charge in [-0.1, -0.05) is 45.0 Å². The van der Waals surface area contributed by atoms with Gasteiger partial charge in [0.15, 0.2) is 0 Å². The lowest BCUT2D eigenvalue weighted by Gasteiger charge is -2.19. The maximum Gasteiger partial charge on any atom is 0.0661 e. The highest BCUT2D eigenvalue weighted by Crippen LogP contribution is 2.29. The molecule has 1 aromatic rings. The minimum Gasteiger partial charge on any atom is -0.379 e. The summed E-state index contributed by atoms with van der Waals surface area (Å²) < 4.78 is 5.90. The van der Waals surface area contributed by atoms with Crippen LogP contribution in [0.1, 0.15) is 57.2 Å². The van der Waals surface area contributed by atoms with Gasteiger partial charge in [0.1, 0.15) is 0 Å². The average molecular weight is 289 g/mol. The lowest BCUT2D eigenvalue weighted by atomic mass is 9.99. The fourth-order valence-electron chi connectivity index (χ4n) is 2.59. The van der Waals surface area contributed by atoms with Crippen LogP contribution in [0.2, 0.25) is 0 Å². The number of ether oxygens (including phenoxy) is 1. The van der Waals surface area contributed by atoms with Crippen LogP contribution in [0.5, 0.6) is 0 Å². The van der Waals surface area contributed by atoms with Gasteiger partial charge in [0.25, 0.3) is 0 Å². The number of hydrogen-bond donors (Lipinski definition) is 1. The topological polar surface area (TPSA) is 21.3 Å². The van der Waals surface area contributed by atoms with Crippen molar-refractivity contribution in [2.45, 2.75) is 52.5 Å². The van der Waals surface area contributed by atoms with Gasteiger partial charge >= 0.3 is 0 Å². The lowest BCUT2D eigenvalue weighted by Crippen LogP contribution is -2.26. The van der Waals surface area contributed by atoms with E-state index in [9.17, 15) is 0 Å². The minimum absolute atomic E-state index is 0.330. The van der Waals surface area contributed by atoms with Crippen molar-refractivity contribution in [3.8, 4) is 0 Å². The molecule has 1 atom stereocenters. The molecule has 1 saturated carbocycles.